The first-order valence-electron chi connectivity index (χ1n) is 6.63. The largest absolute Gasteiger partial charge is 0.481 e. The average Bonchev–Trinajstić information content (AvgIpc) is 2.35. The Balaban J connectivity index is 2.68. The van der Waals surface area contributed by atoms with Crippen molar-refractivity contribution >= 4 is 23.5 Å². The minimum Gasteiger partial charge on any atom is -0.481 e. The Bertz CT molecular complexity index is 500. The Hall–Kier alpha value is -1.55. The molecule has 110 valence electrons. The molecule has 2 N–H and O–H groups in total. The monoisotopic (exact) mass is 297 g/mol. The zero-order valence-electron chi connectivity index (χ0n) is 11.9. The van der Waals surface area contributed by atoms with Gasteiger partial charge in [-0.3, -0.25) is 9.59 Å². The second kappa shape index (κ2) is 7.29. The number of carboxylic acids is 1. The molecule has 1 rings (SSSR count). The Morgan fingerprint density at radius 3 is 2.45 bits per heavy atom. The number of hydrogen-bond acceptors (Lipinski definition) is 2. The summed E-state index contributed by atoms with van der Waals surface area (Å²) in [6.45, 7) is 5.86. The van der Waals surface area contributed by atoms with Gasteiger partial charge in [-0.1, -0.05) is 31.5 Å². The molecule has 1 atom stereocenters. The third-order valence-electron chi connectivity index (χ3n) is 3.05. The van der Waals surface area contributed by atoms with Gasteiger partial charge in [-0.2, -0.15) is 0 Å². The zero-order valence-corrected chi connectivity index (χ0v) is 12.7. The molecule has 0 aliphatic carbocycles. The van der Waals surface area contributed by atoms with E-state index in [2.05, 4.69) is 5.32 Å². The highest BCUT2D eigenvalue weighted by Gasteiger charge is 2.13. The number of carbonyl (C=O) groups excluding carboxylic acids is 1. The lowest BCUT2D eigenvalue weighted by Crippen LogP contribution is -2.32. The fourth-order valence-corrected chi connectivity index (χ4v) is 2.25. The minimum absolute atomic E-state index is 0.0362. The molecule has 1 aromatic rings. The third-order valence-corrected chi connectivity index (χ3v) is 3.38. The maximum Gasteiger partial charge on any atom is 0.303 e. The number of rotatable bonds is 6. The molecule has 0 spiro atoms. The van der Waals surface area contributed by atoms with E-state index in [1.807, 2.05) is 19.9 Å². The topological polar surface area (TPSA) is 66.4 Å². The molecule has 1 amide bonds. The van der Waals surface area contributed by atoms with Gasteiger partial charge in [0.15, 0.2) is 0 Å². The van der Waals surface area contributed by atoms with E-state index in [4.69, 9.17) is 16.7 Å². The average molecular weight is 298 g/mol. The summed E-state index contributed by atoms with van der Waals surface area (Å²) < 4.78 is 0. The summed E-state index contributed by atoms with van der Waals surface area (Å²) in [6, 6.07) is 5.04. The predicted molar refractivity (Wildman–Crippen MR) is 79.3 cm³/mol. The molecule has 0 heterocycles. The molecule has 1 unspecified atom stereocenters. The highest BCUT2D eigenvalue weighted by atomic mass is 35.5. The van der Waals surface area contributed by atoms with Gasteiger partial charge in [0.2, 0.25) is 0 Å². The van der Waals surface area contributed by atoms with Crippen LogP contribution in [0.3, 0.4) is 0 Å². The molecule has 0 saturated heterocycles. The van der Waals surface area contributed by atoms with E-state index in [0.29, 0.717) is 22.9 Å². The van der Waals surface area contributed by atoms with Gasteiger partial charge in [-0.15, -0.1) is 0 Å². The highest BCUT2D eigenvalue weighted by molar-refractivity contribution is 6.31. The van der Waals surface area contributed by atoms with Gasteiger partial charge in [0.25, 0.3) is 5.91 Å². The standard InChI is InChI=1S/C15H20ClNO3/c1-9(2)12-6-5-11(8-13(12)16)15(20)17-10(3)4-7-14(18)19/h5-6,8-10H,4,7H2,1-3H3,(H,17,20)(H,18,19). The van der Waals surface area contributed by atoms with Crippen LogP contribution in [0, 0.1) is 0 Å². The van der Waals surface area contributed by atoms with Crippen molar-refractivity contribution < 1.29 is 14.7 Å². The lowest BCUT2D eigenvalue weighted by Gasteiger charge is -2.14. The predicted octanol–water partition coefficient (Wildman–Crippen LogP) is 3.45. The number of halogens is 1. The van der Waals surface area contributed by atoms with Crippen molar-refractivity contribution in [1.29, 1.82) is 0 Å². The molecule has 0 fully saturated rings. The molecular weight excluding hydrogens is 278 g/mol. The van der Waals surface area contributed by atoms with Crippen molar-refractivity contribution in [3.63, 3.8) is 0 Å². The molecule has 0 aliphatic heterocycles. The summed E-state index contributed by atoms with van der Waals surface area (Å²) in [5.41, 5.74) is 1.49. The Labute approximate surface area is 124 Å². The van der Waals surface area contributed by atoms with Crippen LogP contribution in [-0.4, -0.2) is 23.0 Å². The summed E-state index contributed by atoms with van der Waals surface area (Å²) in [6.07, 6.45) is 0.438. The molecule has 20 heavy (non-hydrogen) atoms. The van der Waals surface area contributed by atoms with Crippen molar-refractivity contribution in [2.24, 2.45) is 0 Å². The van der Waals surface area contributed by atoms with Crippen molar-refractivity contribution in [3.05, 3.63) is 34.3 Å². The molecule has 0 radical (unpaired) electrons. The summed E-state index contributed by atoms with van der Waals surface area (Å²) in [5, 5.41) is 11.9. The summed E-state index contributed by atoms with van der Waals surface area (Å²) in [4.78, 5) is 22.5. The Morgan fingerprint density at radius 1 is 1.30 bits per heavy atom. The first kappa shape index (κ1) is 16.5. The number of carbonyl (C=O) groups is 2. The van der Waals surface area contributed by atoms with E-state index in [0.717, 1.165) is 5.56 Å². The van der Waals surface area contributed by atoms with E-state index < -0.39 is 5.97 Å². The van der Waals surface area contributed by atoms with Crippen LogP contribution in [0.4, 0.5) is 0 Å². The van der Waals surface area contributed by atoms with Gasteiger partial charge >= 0.3 is 5.97 Å². The van der Waals surface area contributed by atoms with Gasteiger partial charge in [0, 0.05) is 23.0 Å². The molecule has 5 heteroatoms. The van der Waals surface area contributed by atoms with Crippen LogP contribution in [0.5, 0.6) is 0 Å². The van der Waals surface area contributed by atoms with Gasteiger partial charge < -0.3 is 10.4 Å². The second-order valence-electron chi connectivity index (χ2n) is 5.20. The Morgan fingerprint density at radius 2 is 1.95 bits per heavy atom. The maximum atomic E-state index is 12.0. The van der Waals surface area contributed by atoms with Crippen molar-refractivity contribution in [3.8, 4) is 0 Å². The van der Waals surface area contributed by atoms with Crippen LogP contribution in [0.2, 0.25) is 5.02 Å². The van der Waals surface area contributed by atoms with Crippen molar-refractivity contribution in [1.82, 2.24) is 5.32 Å². The molecule has 0 saturated carbocycles. The minimum atomic E-state index is -0.865. The normalized spacial score (nSPS) is 12.2. The van der Waals surface area contributed by atoms with E-state index in [9.17, 15) is 9.59 Å². The number of carboxylic acid groups (broad SMARTS) is 1. The smallest absolute Gasteiger partial charge is 0.303 e. The number of amides is 1. The summed E-state index contributed by atoms with van der Waals surface area (Å²) in [7, 11) is 0. The fourth-order valence-electron chi connectivity index (χ4n) is 1.86. The first-order chi connectivity index (χ1) is 9.31. The van der Waals surface area contributed by atoms with Gasteiger partial charge in [0.1, 0.15) is 0 Å². The molecule has 0 aromatic heterocycles. The number of aliphatic carboxylic acids is 1. The molecule has 1 aromatic carbocycles. The van der Waals surface area contributed by atoms with Crippen LogP contribution in [0.1, 0.15) is 55.5 Å². The molecule has 4 nitrogen and oxygen atoms in total. The zero-order chi connectivity index (χ0) is 15.3. The van der Waals surface area contributed by atoms with Crippen LogP contribution in [-0.2, 0) is 4.79 Å². The quantitative estimate of drug-likeness (QED) is 0.845. The van der Waals surface area contributed by atoms with Crippen LogP contribution >= 0.6 is 11.6 Å². The maximum absolute atomic E-state index is 12.0. The van der Waals surface area contributed by atoms with E-state index >= 15 is 0 Å². The van der Waals surface area contributed by atoms with Crippen LogP contribution in [0.15, 0.2) is 18.2 Å². The number of hydrogen-bond donors (Lipinski definition) is 2. The van der Waals surface area contributed by atoms with Crippen LogP contribution in [0.25, 0.3) is 0 Å². The van der Waals surface area contributed by atoms with Gasteiger partial charge in [-0.05, 0) is 37.0 Å². The fraction of sp³-hybridized carbons (Fsp3) is 0.467. The summed E-state index contributed by atoms with van der Waals surface area (Å²) >= 11 is 6.15. The van der Waals surface area contributed by atoms with Crippen LogP contribution < -0.4 is 5.32 Å². The Kier molecular flexibility index (Phi) is 6.02. The lowest BCUT2D eigenvalue weighted by molar-refractivity contribution is -0.137. The first-order valence-corrected chi connectivity index (χ1v) is 7.01. The SMILES string of the molecule is CC(CCC(=O)O)NC(=O)c1ccc(C(C)C)c(Cl)c1. The third kappa shape index (κ3) is 4.85. The van der Waals surface area contributed by atoms with Gasteiger partial charge in [-0.25, -0.2) is 0 Å². The van der Waals surface area contributed by atoms with Crippen molar-refractivity contribution in [2.75, 3.05) is 0 Å². The molecule has 0 bridgehead atoms. The van der Waals surface area contributed by atoms with E-state index in [-0.39, 0.29) is 18.4 Å². The van der Waals surface area contributed by atoms with E-state index in [1.165, 1.54) is 0 Å². The highest BCUT2D eigenvalue weighted by Crippen LogP contribution is 2.25. The van der Waals surface area contributed by atoms with Crippen molar-refractivity contribution in [2.45, 2.75) is 45.6 Å². The summed E-state index contributed by atoms with van der Waals surface area (Å²) in [5.74, 6) is -0.801. The van der Waals surface area contributed by atoms with E-state index in [1.54, 1.807) is 19.1 Å². The molecule has 0 aliphatic rings. The second-order valence-corrected chi connectivity index (χ2v) is 5.61. The lowest BCUT2D eigenvalue weighted by atomic mass is 10.0. The molecular formula is C15H20ClNO3. The van der Waals surface area contributed by atoms with Gasteiger partial charge in [0.05, 0.1) is 0 Å². The number of benzene rings is 1. The number of nitrogens with one attached hydrogen (secondary N) is 1.